The van der Waals surface area contributed by atoms with E-state index in [2.05, 4.69) is 0 Å². The monoisotopic (exact) mass is 173 g/mol. The molecule has 0 aliphatic carbocycles. The van der Waals surface area contributed by atoms with Gasteiger partial charge < -0.3 is 20.1 Å². The second kappa shape index (κ2) is 6.38. The van der Waals surface area contributed by atoms with Crippen LogP contribution in [0.5, 0.6) is 0 Å². The third kappa shape index (κ3) is 5.00. The summed E-state index contributed by atoms with van der Waals surface area (Å²) in [6, 6.07) is 3.45. The van der Waals surface area contributed by atoms with Crippen molar-refractivity contribution in [1.82, 2.24) is 0 Å². The summed E-state index contributed by atoms with van der Waals surface area (Å²) in [5, 5.41) is 32.8. The van der Waals surface area contributed by atoms with E-state index in [1.807, 2.05) is 0 Å². The molecule has 0 saturated carbocycles. The zero-order chi connectivity index (χ0) is 8.69. The molecule has 11 heavy (non-hydrogen) atoms. The Kier molecular flexibility index (Phi) is 6.19. The molecule has 0 spiro atoms. The van der Waals surface area contributed by atoms with Gasteiger partial charge in [-0.15, -0.1) is 0 Å². The Morgan fingerprint density at radius 1 is 1.36 bits per heavy atom. The summed E-state index contributed by atoms with van der Waals surface area (Å²) < 4.78 is 0.588. The summed E-state index contributed by atoms with van der Waals surface area (Å²) in [6.45, 7) is 0. The van der Waals surface area contributed by atoms with Crippen LogP contribution in [0.4, 0.5) is 0 Å². The van der Waals surface area contributed by atoms with E-state index < -0.39 is 7.12 Å². The summed E-state index contributed by atoms with van der Waals surface area (Å²) in [5.41, 5.74) is 0. The van der Waals surface area contributed by atoms with E-state index in [-0.39, 0.29) is 7.69 Å². The molecule has 0 aliphatic heterocycles. The Hall–Kier alpha value is -0.330. The van der Waals surface area contributed by atoms with E-state index in [0.717, 1.165) is 0 Å². The number of rotatable bonds is 1. The van der Waals surface area contributed by atoms with Crippen molar-refractivity contribution in [2.45, 2.75) is 0 Å². The first-order valence-corrected chi connectivity index (χ1v) is 3.60. The standard InChI is InChI=1S/C4H5BO2S.BH2O2/c6-5(7)4-2-1-3-8-4;2-1-3/h1-3,6-7H;2-3H. The maximum atomic E-state index is 8.48. The van der Waals surface area contributed by atoms with Crippen LogP contribution in [0, 0.1) is 0 Å². The molecule has 4 N–H and O–H groups in total. The highest BCUT2D eigenvalue weighted by Crippen LogP contribution is 1.92. The van der Waals surface area contributed by atoms with Crippen LogP contribution in [0.3, 0.4) is 0 Å². The first kappa shape index (κ1) is 10.7. The molecule has 4 nitrogen and oxygen atoms in total. The van der Waals surface area contributed by atoms with Gasteiger partial charge in [0, 0.05) is 4.78 Å². The highest BCUT2D eigenvalue weighted by Gasteiger charge is 2.09. The van der Waals surface area contributed by atoms with Gasteiger partial charge in [0.05, 0.1) is 0 Å². The maximum Gasteiger partial charge on any atom is 0.499 e. The van der Waals surface area contributed by atoms with Crippen molar-refractivity contribution in [3.63, 3.8) is 0 Å². The predicted octanol–water partition coefficient (Wildman–Crippen LogP) is -2.07. The molecular formula is C4H7B2O4S. The Balaban J connectivity index is 0.000000292. The van der Waals surface area contributed by atoms with Gasteiger partial charge in [-0.2, -0.15) is 11.3 Å². The molecule has 0 fully saturated rings. The second-order valence-corrected chi connectivity index (χ2v) is 2.48. The average molecular weight is 173 g/mol. The summed E-state index contributed by atoms with van der Waals surface area (Å²) in [5.74, 6) is 0. The number of thiophene rings is 1. The molecule has 0 amide bonds. The highest BCUT2D eigenvalue weighted by atomic mass is 32.1. The zero-order valence-corrected chi connectivity index (χ0v) is 6.40. The molecular weight excluding hydrogens is 166 g/mol. The van der Waals surface area contributed by atoms with Crippen molar-refractivity contribution in [2.75, 3.05) is 0 Å². The van der Waals surface area contributed by atoms with E-state index in [4.69, 9.17) is 20.1 Å². The van der Waals surface area contributed by atoms with Gasteiger partial charge in [0.15, 0.2) is 0 Å². The topological polar surface area (TPSA) is 80.9 Å². The summed E-state index contributed by atoms with van der Waals surface area (Å²) in [4.78, 5) is 0. The van der Waals surface area contributed by atoms with Gasteiger partial charge >= 0.3 is 14.8 Å². The van der Waals surface area contributed by atoms with Gasteiger partial charge in [-0.25, -0.2) is 0 Å². The third-order valence-electron chi connectivity index (χ3n) is 0.798. The minimum atomic E-state index is -1.30. The van der Waals surface area contributed by atoms with Gasteiger partial charge in [-0.3, -0.25) is 0 Å². The average Bonchev–Trinajstić information content (AvgIpc) is 2.38. The summed E-state index contributed by atoms with van der Waals surface area (Å²) in [7, 11) is -1.30. The zero-order valence-electron chi connectivity index (χ0n) is 5.58. The fourth-order valence-electron chi connectivity index (χ4n) is 0.438. The van der Waals surface area contributed by atoms with Crippen LogP contribution in [0.25, 0.3) is 0 Å². The molecule has 0 aromatic carbocycles. The summed E-state index contributed by atoms with van der Waals surface area (Å²) in [6.07, 6.45) is 0. The SMILES string of the molecule is OB(O)c1cccs1.O[B]O. The van der Waals surface area contributed by atoms with Crippen molar-refractivity contribution < 1.29 is 20.1 Å². The Labute approximate surface area is 69.2 Å². The lowest BCUT2D eigenvalue weighted by Crippen LogP contribution is -2.26. The molecule has 0 atom stereocenters. The van der Waals surface area contributed by atoms with Crippen molar-refractivity contribution in [3.8, 4) is 0 Å². The molecule has 1 aromatic rings. The van der Waals surface area contributed by atoms with Gasteiger partial charge in [-0.1, -0.05) is 12.1 Å². The van der Waals surface area contributed by atoms with E-state index in [9.17, 15) is 0 Å². The van der Waals surface area contributed by atoms with Gasteiger partial charge in [0.1, 0.15) is 0 Å². The van der Waals surface area contributed by atoms with E-state index in [1.165, 1.54) is 11.3 Å². The molecule has 59 valence electrons. The van der Waals surface area contributed by atoms with Gasteiger partial charge in [-0.05, 0) is 5.38 Å². The van der Waals surface area contributed by atoms with E-state index in [1.54, 1.807) is 17.5 Å². The van der Waals surface area contributed by atoms with Crippen molar-refractivity contribution in [2.24, 2.45) is 0 Å². The van der Waals surface area contributed by atoms with Gasteiger partial charge in [0.25, 0.3) is 0 Å². The third-order valence-corrected chi connectivity index (χ3v) is 1.71. The first-order valence-electron chi connectivity index (χ1n) is 2.72. The van der Waals surface area contributed by atoms with E-state index in [0.29, 0.717) is 4.78 Å². The molecule has 1 rings (SSSR count). The fourth-order valence-corrected chi connectivity index (χ4v) is 1.03. The largest absolute Gasteiger partial charge is 0.499 e. The lowest BCUT2D eigenvalue weighted by atomic mass is 9.90. The van der Waals surface area contributed by atoms with Crippen molar-refractivity contribution in [1.29, 1.82) is 0 Å². The molecule has 1 heterocycles. The molecule has 1 aromatic heterocycles. The van der Waals surface area contributed by atoms with Crippen LogP contribution in [-0.2, 0) is 0 Å². The molecule has 7 heteroatoms. The number of hydrogen-bond donors (Lipinski definition) is 4. The molecule has 1 radical (unpaired) electrons. The molecule has 0 unspecified atom stereocenters. The van der Waals surface area contributed by atoms with Crippen molar-refractivity contribution >= 4 is 30.9 Å². The first-order chi connectivity index (χ1) is 5.22. The fraction of sp³-hybridized carbons (Fsp3) is 0. The van der Waals surface area contributed by atoms with Crippen molar-refractivity contribution in [3.05, 3.63) is 17.5 Å². The van der Waals surface area contributed by atoms with Gasteiger partial charge in [0.2, 0.25) is 0 Å². The number of hydrogen-bond acceptors (Lipinski definition) is 5. The minimum Gasteiger partial charge on any atom is -0.429 e. The minimum absolute atomic E-state index is 0. The molecule has 0 bridgehead atoms. The maximum absolute atomic E-state index is 8.48. The van der Waals surface area contributed by atoms with Crippen LogP contribution in [0.1, 0.15) is 0 Å². The molecule has 0 saturated heterocycles. The van der Waals surface area contributed by atoms with Crippen LogP contribution >= 0.6 is 11.3 Å². The Bertz CT molecular complexity index is 167. The normalized spacial score (nSPS) is 8.00. The smallest absolute Gasteiger partial charge is 0.429 e. The van der Waals surface area contributed by atoms with E-state index >= 15 is 0 Å². The lowest BCUT2D eigenvalue weighted by Gasteiger charge is -1.87. The van der Waals surface area contributed by atoms with Crippen LogP contribution < -0.4 is 4.78 Å². The quantitative estimate of drug-likeness (QED) is 0.367. The Morgan fingerprint density at radius 2 is 1.91 bits per heavy atom. The Morgan fingerprint density at radius 3 is 2.09 bits per heavy atom. The lowest BCUT2D eigenvalue weighted by molar-refractivity contribution is 0.427. The van der Waals surface area contributed by atoms with Crippen LogP contribution in [0.15, 0.2) is 17.5 Å². The van der Waals surface area contributed by atoms with Crippen LogP contribution in [0.2, 0.25) is 0 Å². The van der Waals surface area contributed by atoms with Crippen LogP contribution in [-0.4, -0.2) is 34.9 Å². The summed E-state index contributed by atoms with van der Waals surface area (Å²) >= 11 is 1.33. The highest BCUT2D eigenvalue weighted by molar-refractivity contribution is 7.20. The predicted molar refractivity (Wildman–Crippen MR) is 44.3 cm³/mol. The molecule has 0 aliphatic rings. The second-order valence-electron chi connectivity index (χ2n) is 1.50.